The van der Waals surface area contributed by atoms with Gasteiger partial charge in [-0.2, -0.15) is 0 Å². The second-order valence-electron chi connectivity index (χ2n) is 4.12. The zero-order chi connectivity index (χ0) is 15.4. The lowest BCUT2D eigenvalue weighted by Gasteiger charge is -2.25. The highest BCUT2D eigenvalue weighted by Crippen LogP contribution is 2.42. The summed E-state index contributed by atoms with van der Waals surface area (Å²) >= 11 is 2.82. The third-order valence-corrected chi connectivity index (χ3v) is 5.09. The molecule has 0 spiro atoms. The number of hydrogen-bond donors (Lipinski definition) is 1. The van der Waals surface area contributed by atoms with Gasteiger partial charge in [-0.1, -0.05) is 0 Å². The van der Waals surface area contributed by atoms with Crippen molar-refractivity contribution >= 4 is 46.6 Å². The summed E-state index contributed by atoms with van der Waals surface area (Å²) in [5.41, 5.74) is 0.661. The Labute approximate surface area is 130 Å². The molecule has 1 amide bonds. The van der Waals surface area contributed by atoms with Crippen LogP contribution in [-0.4, -0.2) is 43.3 Å². The Balaban J connectivity index is 2.23. The largest absolute Gasteiger partial charge is 0.477 e. The van der Waals surface area contributed by atoms with Gasteiger partial charge in [-0.15, -0.1) is 23.1 Å². The summed E-state index contributed by atoms with van der Waals surface area (Å²) in [5.74, 6) is -0.195. The third-order valence-electron chi connectivity index (χ3n) is 2.70. The number of thiophene rings is 1. The molecule has 0 fully saturated rings. The van der Waals surface area contributed by atoms with E-state index in [1.165, 1.54) is 28.0 Å². The molecule has 0 aromatic carbocycles. The summed E-state index contributed by atoms with van der Waals surface area (Å²) in [6.07, 6.45) is 0. The normalized spacial score (nSPS) is 13.8. The second-order valence-corrected chi connectivity index (χ2v) is 6.42. The predicted octanol–water partition coefficient (Wildman–Crippen LogP) is 2.11. The molecule has 2 heterocycles. The molecule has 0 radical (unpaired) electrons. The van der Waals surface area contributed by atoms with Crippen molar-refractivity contribution in [1.82, 2.24) is 0 Å². The molecule has 1 N–H and O–H groups in total. The number of fused-ring (bicyclic) bond motifs is 1. The van der Waals surface area contributed by atoms with E-state index < -0.39 is 5.97 Å². The van der Waals surface area contributed by atoms with Crippen LogP contribution in [0.3, 0.4) is 0 Å². The smallest absolute Gasteiger partial charge is 0.326 e. The average molecular weight is 328 g/mol. The SMILES string of the molecule is CCOC(=N)c1cc2c(s1)SCC(=O)N2CC(=O)OCC. The first-order valence-corrected chi connectivity index (χ1v) is 8.31. The van der Waals surface area contributed by atoms with E-state index in [9.17, 15) is 9.59 Å². The summed E-state index contributed by atoms with van der Waals surface area (Å²) in [5, 5.41) is 7.82. The number of amides is 1. The fourth-order valence-electron chi connectivity index (χ4n) is 1.83. The molecule has 1 aliphatic heterocycles. The fourth-order valence-corrected chi connectivity index (χ4v) is 4.04. The van der Waals surface area contributed by atoms with Gasteiger partial charge in [0.1, 0.15) is 6.54 Å². The number of rotatable bonds is 5. The number of nitrogens with one attached hydrogen (secondary N) is 1. The van der Waals surface area contributed by atoms with Crippen molar-refractivity contribution in [3.63, 3.8) is 0 Å². The van der Waals surface area contributed by atoms with Gasteiger partial charge in [0.2, 0.25) is 11.8 Å². The Hall–Kier alpha value is -1.54. The lowest BCUT2D eigenvalue weighted by Crippen LogP contribution is -2.39. The predicted molar refractivity (Wildman–Crippen MR) is 82.5 cm³/mol. The molecular weight excluding hydrogens is 312 g/mol. The van der Waals surface area contributed by atoms with Gasteiger partial charge < -0.3 is 9.47 Å². The van der Waals surface area contributed by atoms with Gasteiger partial charge in [0.25, 0.3) is 0 Å². The highest BCUT2D eigenvalue weighted by Gasteiger charge is 2.30. The lowest BCUT2D eigenvalue weighted by molar-refractivity contribution is -0.142. The molecule has 1 aliphatic rings. The molecule has 6 nitrogen and oxygen atoms in total. The quantitative estimate of drug-likeness (QED) is 0.509. The zero-order valence-electron chi connectivity index (χ0n) is 11.8. The van der Waals surface area contributed by atoms with Crippen molar-refractivity contribution in [1.29, 1.82) is 5.41 Å². The van der Waals surface area contributed by atoms with Crippen LogP contribution in [0.25, 0.3) is 0 Å². The molecule has 2 rings (SSSR count). The van der Waals surface area contributed by atoms with Crippen LogP contribution < -0.4 is 4.90 Å². The van der Waals surface area contributed by atoms with E-state index in [1.807, 2.05) is 6.92 Å². The molecule has 0 unspecified atom stereocenters. The second kappa shape index (κ2) is 6.95. The minimum Gasteiger partial charge on any atom is -0.477 e. The molecule has 0 atom stereocenters. The molecule has 0 aliphatic carbocycles. The Kier molecular flexibility index (Phi) is 5.24. The molecule has 1 aromatic rings. The van der Waals surface area contributed by atoms with Crippen LogP contribution in [0.2, 0.25) is 0 Å². The highest BCUT2D eigenvalue weighted by atomic mass is 32.2. The van der Waals surface area contributed by atoms with E-state index >= 15 is 0 Å². The molecule has 21 heavy (non-hydrogen) atoms. The first kappa shape index (κ1) is 15.8. The Morgan fingerprint density at radius 1 is 1.38 bits per heavy atom. The van der Waals surface area contributed by atoms with Crippen molar-refractivity contribution in [2.24, 2.45) is 0 Å². The first-order chi connectivity index (χ1) is 10.1. The van der Waals surface area contributed by atoms with Crippen LogP contribution in [-0.2, 0) is 19.1 Å². The van der Waals surface area contributed by atoms with E-state index in [-0.39, 0.29) is 30.7 Å². The summed E-state index contributed by atoms with van der Waals surface area (Å²) < 4.78 is 11.0. The molecule has 8 heteroatoms. The maximum absolute atomic E-state index is 12.0. The maximum Gasteiger partial charge on any atom is 0.326 e. The van der Waals surface area contributed by atoms with Gasteiger partial charge in [-0.05, 0) is 19.9 Å². The van der Waals surface area contributed by atoms with E-state index in [4.69, 9.17) is 14.9 Å². The molecule has 114 valence electrons. The van der Waals surface area contributed by atoms with Crippen molar-refractivity contribution in [3.8, 4) is 0 Å². The number of carbonyl (C=O) groups excluding carboxylic acids is 2. The van der Waals surface area contributed by atoms with E-state index in [0.29, 0.717) is 17.2 Å². The van der Waals surface area contributed by atoms with Crippen LogP contribution in [0.5, 0.6) is 0 Å². The molecule has 0 bridgehead atoms. The van der Waals surface area contributed by atoms with E-state index in [2.05, 4.69) is 0 Å². The Morgan fingerprint density at radius 2 is 2.10 bits per heavy atom. The third kappa shape index (κ3) is 3.56. The van der Waals surface area contributed by atoms with Gasteiger partial charge in [0.05, 0.1) is 33.7 Å². The van der Waals surface area contributed by atoms with Crippen LogP contribution in [0.4, 0.5) is 5.69 Å². The Morgan fingerprint density at radius 3 is 2.76 bits per heavy atom. The van der Waals surface area contributed by atoms with E-state index in [0.717, 1.165) is 4.21 Å². The molecular formula is C13H16N2O4S2. The van der Waals surface area contributed by atoms with Gasteiger partial charge in [0.15, 0.2) is 0 Å². The van der Waals surface area contributed by atoms with Crippen molar-refractivity contribution in [2.45, 2.75) is 18.1 Å². The summed E-state index contributed by atoms with van der Waals surface area (Å²) in [6, 6.07) is 1.72. The van der Waals surface area contributed by atoms with Crippen LogP contribution >= 0.6 is 23.1 Å². The van der Waals surface area contributed by atoms with Gasteiger partial charge in [0, 0.05) is 0 Å². The zero-order valence-corrected chi connectivity index (χ0v) is 13.4. The van der Waals surface area contributed by atoms with Gasteiger partial charge in [-0.3, -0.25) is 19.9 Å². The van der Waals surface area contributed by atoms with Gasteiger partial charge in [-0.25, -0.2) is 0 Å². The first-order valence-electron chi connectivity index (χ1n) is 6.51. The van der Waals surface area contributed by atoms with Crippen LogP contribution in [0.15, 0.2) is 10.3 Å². The van der Waals surface area contributed by atoms with Gasteiger partial charge >= 0.3 is 5.97 Å². The summed E-state index contributed by atoms with van der Waals surface area (Å²) in [6.45, 7) is 4.14. The lowest BCUT2D eigenvalue weighted by atomic mass is 10.3. The summed E-state index contributed by atoms with van der Waals surface area (Å²) in [4.78, 5) is 25.7. The van der Waals surface area contributed by atoms with Crippen LogP contribution in [0.1, 0.15) is 18.7 Å². The van der Waals surface area contributed by atoms with Crippen molar-refractivity contribution in [3.05, 3.63) is 10.9 Å². The number of esters is 1. The number of thioether (sulfide) groups is 1. The number of nitrogens with zero attached hydrogens (tertiary/aromatic N) is 1. The Bertz CT molecular complexity index is 571. The minimum absolute atomic E-state index is 0.0843. The van der Waals surface area contributed by atoms with Crippen molar-refractivity contribution in [2.75, 3.05) is 30.4 Å². The number of hydrogen-bond acceptors (Lipinski definition) is 7. The standard InChI is InChI=1S/C13H16N2O4S2/c1-3-18-11(17)6-15-8-5-9(12(14)19-4-2)21-13(8)20-7-10(15)16/h5,14H,3-4,6-7H2,1-2H3. The minimum atomic E-state index is -0.434. The average Bonchev–Trinajstić information content (AvgIpc) is 2.87. The molecule has 0 saturated heterocycles. The fraction of sp³-hybridized carbons (Fsp3) is 0.462. The number of carbonyl (C=O) groups is 2. The van der Waals surface area contributed by atoms with Crippen LogP contribution in [0, 0.1) is 5.41 Å². The monoisotopic (exact) mass is 328 g/mol. The number of anilines is 1. The summed E-state index contributed by atoms with van der Waals surface area (Å²) in [7, 11) is 0. The maximum atomic E-state index is 12.0. The number of ether oxygens (including phenoxy) is 2. The highest BCUT2D eigenvalue weighted by molar-refractivity contribution is 8.02. The molecule has 1 aromatic heterocycles. The van der Waals surface area contributed by atoms with E-state index in [1.54, 1.807) is 13.0 Å². The molecule has 0 saturated carbocycles. The topological polar surface area (TPSA) is 79.7 Å². The van der Waals surface area contributed by atoms with Crippen molar-refractivity contribution < 1.29 is 19.1 Å².